The highest BCUT2D eigenvalue weighted by molar-refractivity contribution is 6.06. The number of rotatable bonds is 8. The molecule has 3 aromatic carbocycles. The average molecular weight is 483 g/mol. The number of hydrogen-bond acceptors (Lipinski definition) is 4. The molecular formula is C27H23FN6O2. The van der Waals surface area contributed by atoms with Crippen LogP contribution in [0.1, 0.15) is 28.2 Å². The number of hydrogen-bond donors (Lipinski definition) is 3. The quantitative estimate of drug-likeness (QED) is 0.296. The van der Waals surface area contributed by atoms with Gasteiger partial charge in [-0.05, 0) is 48.0 Å². The molecule has 0 saturated carbocycles. The Bertz CT molecular complexity index is 1530. The van der Waals surface area contributed by atoms with Gasteiger partial charge in [0.2, 0.25) is 5.91 Å². The van der Waals surface area contributed by atoms with Crippen LogP contribution in [0.5, 0.6) is 0 Å². The zero-order valence-corrected chi connectivity index (χ0v) is 19.2. The monoisotopic (exact) mass is 482 g/mol. The number of imidazole rings is 2. The van der Waals surface area contributed by atoms with Gasteiger partial charge in [-0.3, -0.25) is 9.59 Å². The summed E-state index contributed by atoms with van der Waals surface area (Å²) in [6.07, 6.45) is 5.74. The fourth-order valence-corrected chi connectivity index (χ4v) is 3.86. The minimum absolute atomic E-state index is 0.155. The molecule has 0 fully saturated rings. The lowest BCUT2D eigenvalue weighted by Crippen LogP contribution is -2.15. The van der Waals surface area contributed by atoms with Gasteiger partial charge in [-0.15, -0.1) is 0 Å². The summed E-state index contributed by atoms with van der Waals surface area (Å²) in [5.41, 5.74) is 3.55. The highest BCUT2D eigenvalue weighted by atomic mass is 19.1. The van der Waals surface area contributed by atoms with Crippen LogP contribution in [0.3, 0.4) is 0 Å². The van der Waals surface area contributed by atoms with Gasteiger partial charge in [0.1, 0.15) is 11.6 Å². The molecular weight excluding hydrogens is 459 g/mol. The Morgan fingerprint density at radius 2 is 1.83 bits per heavy atom. The SMILES string of the molecule is O=C(CCn1ccnc1)Nc1cccc(C(=O)Nc2ccc3nc(Cc4ccccc4F)[nH]c3c2)c1. The van der Waals surface area contributed by atoms with Crippen LogP contribution in [0.4, 0.5) is 15.8 Å². The first kappa shape index (κ1) is 23.0. The number of fused-ring (bicyclic) bond motifs is 1. The van der Waals surface area contributed by atoms with Gasteiger partial charge < -0.3 is 20.2 Å². The van der Waals surface area contributed by atoms with Crippen LogP contribution in [0.25, 0.3) is 11.0 Å². The van der Waals surface area contributed by atoms with Crippen molar-refractivity contribution >= 4 is 34.2 Å². The number of benzene rings is 3. The highest BCUT2D eigenvalue weighted by Gasteiger charge is 2.11. The molecule has 5 rings (SSSR count). The van der Waals surface area contributed by atoms with Crippen LogP contribution in [-0.4, -0.2) is 31.3 Å². The average Bonchev–Trinajstić information content (AvgIpc) is 3.54. The van der Waals surface area contributed by atoms with Crippen molar-refractivity contribution in [1.29, 1.82) is 0 Å². The first-order valence-corrected chi connectivity index (χ1v) is 11.4. The number of carbonyl (C=O) groups is 2. The molecule has 0 atom stereocenters. The molecule has 8 nitrogen and oxygen atoms in total. The number of aromatic amines is 1. The van der Waals surface area contributed by atoms with E-state index in [1.807, 2.05) is 4.57 Å². The summed E-state index contributed by atoms with van der Waals surface area (Å²) in [5.74, 6) is -0.107. The molecule has 0 aliphatic rings. The number of carbonyl (C=O) groups excluding carboxylic acids is 2. The van der Waals surface area contributed by atoms with E-state index in [1.54, 1.807) is 79.4 Å². The maximum atomic E-state index is 14.0. The lowest BCUT2D eigenvalue weighted by atomic mass is 10.1. The zero-order valence-electron chi connectivity index (χ0n) is 19.2. The Kier molecular flexibility index (Phi) is 6.53. The van der Waals surface area contributed by atoms with Gasteiger partial charge in [0, 0.05) is 48.7 Å². The molecule has 0 bridgehead atoms. The third-order valence-corrected chi connectivity index (χ3v) is 5.67. The summed E-state index contributed by atoms with van der Waals surface area (Å²) in [4.78, 5) is 36.8. The number of halogens is 1. The molecule has 2 heterocycles. The fraction of sp³-hybridized carbons (Fsp3) is 0.111. The van der Waals surface area contributed by atoms with Crippen LogP contribution in [0, 0.1) is 5.82 Å². The molecule has 36 heavy (non-hydrogen) atoms. The standard InChI is InChI=1S/C27H23FN6O2/c28-22-7-2-1-4-18(22)15-25-32-23-9-8-21(16-24(23)33-25)31-27(36)19-5-3-6-20(14-19)30-26(35)10-12-34-13-11-29-17-34/h1-9,11,13-14,16-17H,10,12,15H2,(H,30,35)(H,31,36)(H,32,33). The largest absolute Gasteiger partial charge is 0.342 e. The number of nitrogens with zero attached hydrogens (tertiary/aromatic N) is 3. The molecule has 0 radical (unpaired) electrons. The molecule has 0 spiro atoms. The maximum absolute atomic E-state index is 14.0. The van der Waals surface area contributed by atoms with E-state index in [2.05, 4.69) is 25.6 Å². The van der Waals surface area contributed by atoms with Crippen molar-refractivity contribution in [2.75, 3.05) is 10.6 Å². The third kappa shape index (κ3) is 5.47. The van der Waals surface area contributed by atoms with Gasteiger partial charge in [-0.25, -0.2) is 14.4 Å². The second-order valence-corrected chi connectivity index (χ2v) is 8.32. The van der Waals surface area contributed by atoms with Crippen LogP contribution >= 0.6 is 0 Å². The Hall–Kier alpha value is -4.79. The highest BCUT2D eigenvalue weighted by Crippen LogP contribution is 2.21. The molecule has 2 aromatic heterocycles. The molecule has 0 saturated heterocycles. The summed E-state index contributed by atoms with van der Waals surface area (Å²) in [5, 5.41) is 5.69. The summed E-state index contributed by atoms with van der Waals surface area (Å²) in [7, 11) is 0. The number of amides is 2. The van der Waals surface area contributed by atoms with Crippen molar-refractivity contribution in [1.82, 2.24) is 19.5 Å². The van der Waals surface area contributed by atoms with E-state index in [0.29, 0.717) is 41.3 Å². The second-order valence-electron chi connectivity index (χ2n) is 8.32. The number of nitrogens with one attached hydrogen (secondary N) is 3. The molecule has 0 aliphatic carbocycles. The van der Waals surface area contributed by atoms with E-state index in [4.69, 9.17) is 0 Å². The number of anilines is 2. The van der Waals surface area contributed by atoms with E-state index in [-0.39, 0.29) is 24.1 Å². The van der Waals surface area contributed by atoms with Crippen molar-refractivity contribution < 1.29 is 14.0 Å². The van der Waals surface area contributed by atoms with E-state index in [9.17, 15) is 14.0 Å². The molecule has 180 valence electrons. The smallest absolute Gasteiger partial charge is 0.255 e. The van der Waals surface area contributed by atoms with Crippen molar-refractivity contribution in [2.24, 2.45) is 0 Å². The van der Waals surface area contributed by atoms with Crippen molar-refractivity contribution in [3.05, 3.63) is 108 Å². The minimum atomic E-state index is -0.310. The Balaban J connectivity index is 1.23. The van der Waals surface area contributed by atoms with Gasteiger partial charge in [-0.1, -0.05) is 24.3 Å². The Morgan fingerprint density at radius 1 is 0.972 bits per heavy atom. The predicted octanol–water partition coefficient (Wildman–Crippen LogP) is 4.77. The molecule has 0 unspecified atom stereocenters. The summed E-state index contributed by atoms with van der Waals surface area (Å²) < 4.78 is 15.8. The van der Waals surface area contributed by atoms with Gasteiger partial charge in [0.05, 0.1) is 17.4 Å². The van der Waals surface area contributed by atoms with Crippen LogP contribution in [-0.2, 0) is 17.8 Å². The minimum Gasteiger partial charge on any atom is -0.342 e. The first-order valence-electron chi connectivity index (χ1n) is 11.4. The van der Waals surface area contributed by atoms with Crippen molar-refractivity contribution in [2.45, 2.75) is 19.4 Å². The molecule has 9 heteroatoms. The predicted molar refractivity (Wildman–Crippen MR) is 135 cm³/mol. The number of aryl methyl sites for hydroxylation is 1. The Morgan fingerprint density at radius 3 is 2.67 bits per heavy atom. The summed E-state index contributed by atoms with van der Waals surface area (Å²) in [6, 6.07) is 18.7. The van der Waals surface area contributed by atoms with Crippen LogP contribution in [0.2, 0.25) is 0 Å². The summed E-state index contributed by atoms with van der Waals surface area (Å²) in [6.45, 7) is 0.518. The van der Waals surface area contributed by atoms with E-state index in [0.717, 1.165) is 11.0 Å². The first-order chi connectivity index (χ1) is 17.5. The molecule has 0 aliphatic heterocycles. The van der Waals surface area contributed by atoms with Crippen molar-refractivity contribution in [3.8, 4) is 0 Å². The fourth-order valence-electron chi connectivity index (χ4n) is 3.86. The lowest BCUT2D eigenvalue weighted by molar-refractivity contribution is -0.116. The number of aromatic nitrogens is 4. The van der Waals surface area contributed by atoms with Gasteiger partial charge in [0.15, 0.2) is 0 Å². The van der Waals surface area contributed by atoms with Crippen LogP contribution in [0.15, 0.2) is 85.5 Å². The van der Waals surface area contributed by atoms with Gasteiger partial charge in [-0.2, -0.15) is 0 Å². The molecule has 5 aromatic rings. The van der Waals surface area contributed by atoms with Crippen molar-refractivity contribution in [3.63, 3.8) is 0 Å². The van der Waals surface area contributed by atoms with E-state index < -0.39 is 0 Å². The third-order valence-electron chi connectivity index (χ3n) is 5.67. The van der Waals surface area contributed by atoms with Gasteiger partial charge >= 0.3 is 0 Å². The number of H-pyrrole nitrogens is 1. The molecule has 2 amide bonds. The zero-order chi connectivity index (χ0) is 24.9. The Labute approximate surface area is 206 Å². The van der Waals surface area contributed by atoms with E-state index >= 15 is 0 Å². The summed E-state index contributed by atoms with van der Waals surface area (Å²) >= 11 is 0. The van der Waals surface area contributed by atoms with Crippen LogP contribution < -0.4 is 10.6 Å². The normalized spacial score (nSPS) is 10.9. The maximum Gasteiger partial charge on any atom is 0.255 e. The second kappa shape index (κ2) is 10.2. The molecule has 3 N–H and O–H groups in total. The lowest BCUT2D eigenvalue weighted by Gasteiger charge is -2.09. The topological polar surface area (TPSA) is 105 Å². The van der Waals surface area contributed by atoms with E-state index in [1.165, 1.54) is 6.07 Å². The van der Waals surface area contributed by atoms with Gasteiger partial charge in [0.25, 0.3) is 5.91 Å².